The molecule has 0 radical (unpaired) electrons. The van der Waals surface area contributed by atoms with Crippen LogP contribution in [0.1, 0.15) is 44.9 Å². The van der Waals surface area contributed by atoms with Gasteiger partial charge < -0.3 is 15.5 Å². The van der Waals surface area contributed by atoms with Gasteiger partial charge in [-0.05, 0) is 35.7 Å². The van der Waals surface area contributed by atoms with Crippen molar-refractivity contribution in [1.29, 1.82) is 0 Å². The normalized spacial score (nSPS) is 18.3. The number of hydrogen-bond donors (Lipinski definition) is 2. The molecular formula is C18H25N3OS. The van der Waals surface area contributed by atoms with E-state index in [1.807, 2.05) is 6.92 Å². The van der Waals surface area contributed by atoms with E-state index in [1.165, 1.54) is 5.56 Å². The second kappa shape index (κ2) is 6.32. The Balaban J connectivity index is 2.44. The van der Waals surface area contributed by atoms with Crippen molar-refractivity contribution in [3.05, 3.63) is 46.7 Å². The lowest BCUT2D eigenvalue weighted by Crippen LogP contribution is -2.46. The van der Waals surface area contributed by atoms with Crippen molar-refractivity contribution in [1.82, 2.24) is 15.5 Å². The summed E-state index contributed by atoms with van der Waals surface area (Å²) >= 11 is 5.27. The summed E-state index contributed by atoms with van der Waals surface area (Å²) in [7, 11) is 3.52. The Morgan fingerprint density at radius 1 is 1.17 bits per heavy atom. The summed E-state index contributed by atoms with van der Waals surface area (Å²) in [6.07, 6.45) is 0. The summed E-state index contributed by atoms with van der Waals surface area (Å²) in [6, 6.07) is 8.16. The summed E-state index contributed by atoms with van der Waals surface area (Å²) in [5, 5.41) is 6.82. The quantitative estimate of drug-likeness (QED) is 0.818. The first-order valence-corrected chi connectivity index (χ1v) is 8.12. The average molecular weight is 331 g/mol. The summed E-state index contributed by atoms with van der Waals surface area (Å²) in [4.78, 5) is 14.2. The van der Waals surface area contributed by atoms with Crippen molar-refractivity contribution in [2.75, 3.05) is 14.1 Å². The molecule has 1 unspecified atom stereocenters. The van der Waals surface area contributed by atoms with Crippen LogP contribution in [-0.4, -0.2) is 30.0 Å². The number of hydrogen-bond acceptors (Lipinski definition) is 2. The first kappa shape index (κ1) is 17.5. The zero-order chi connectivity index (χ0) is 17.4. The van der Waals surface area contributed by atoms with E-state index in [0.29, 0.717) is 10.7 Å². The number of benzene rings is 1. The lowest BCUT2D eigenvalue weighted by atomic mass is 9.85. The van der Waals surface area contributed by atoms with Crippen molar-refractivity contribution in [3.63, 3.8) is 0 Å². The number of rotatable bonds is 2. The van der Waals surface area contributed by atoms with Crippen LogP contribution in [0.4, 0.5) is 0 Å². The van der Waals surface area contributed by atoms with Gasteiger partial charge in [0.25, 0.3) is 5.91 Å². The molecule has 1 aliphatic rings. The molecule has 0 aliphatic carbocycles. The second-order valence-corrected chi connectivity index (χ2v) is 7.55. The van der Waals surface area contributed by atoms with E-state index < -0.39 is 0 Å². The predicted molar refractivity (Wildman–Crippen MR) is 98.1 cm³/mol. The Kier molecular flexibility index (Phi) is 4.80. The molecule has 0 fully saturated rings. The third-order valence-corrected chi connectivity index (χ3v) is 4.24. The van der Waals surface area contributed by atoms with Crippen LogP contribution in [0.3, 0.4) is 0 Å². The molecule has 0 bridgehead atoms. The highest BCUT2D eigenvalue weighted by atomic mass is 32.1. The SMILES string of the molecule is CC1=C(C(=O)N(C)C)C(c2ccc(C(C)(C)C)cc2)NC(=S)N1. The molecule has 1 aromatic carbocycles. The van der Waals surface area contributed by atoms with E-state index in [2.05, 4.69) is 55.7 Å². The molecule has 0 aromatic heterocycles. The van der Waals surface area contributed by atoms with Crippen LogP contribution in [0.5, 0.6) is 0 Å². The second-order valence-electron chi connectivity index (χ2n) is 7.14. The maximum Gasteiger partial charge on any atom is 0.253 e. The van der Waals surface area contributed by atoms with Gasteiger partial charge in [0.2, 0.25) is 0 Å². The van der Waals surface area contributed by atoms with Gasteiger partial charge in [0.15, 0.2) is 5.11 Å². The molecule has 0 saturated heterocycles. The number of carbonyl (C=O) groups excluding carboxylic acids is 1. The molecule has 2 rings (SSSR count). The minimum Gasteiger partial charge on any atom is -0.351 e. The van der Waals surface area contributed by atoms with E-state index in [0.717, 1.165) is 11.3 Å². The van der Waals surface area contributed by atoms with Crippen LogP contribution >= 0.6 is 12.2 Å². The minimum atomic E-state index is -0.229. The van der Waals surface area contributed by atoms with Crippen LogP contribution in [0, 0.1) is 0 Å². The van der Waals surface area contributed by atoms with E-state index >= 15 is 0 Å². The van der Waals surface area contributed by atoms with Crippen LogP contribution in [0.25, 0.3) is 0 Å². The molecule has 4 nitrogen and oxygen atoms in total. The highest BCUT2D eigenvalue weighted by molar-refractivity contribution is 7.80. The molecular weight excluding hydrogens is 306 g/mol. The number of nitrogens with zero attached hydrogens (tertiary/aromatic N) is 1. The molecule has 0 spiro atoms. The van der Waals surface area contributed by atoms with Gasteiger partial charge in [-0.3, -0.25) is 4.79 Å². The first-order chi connectivity index (χ1) is 10.6. The van der Waals surface area contributed by atoms with Gasteiger partial charge in [0.1, 0.15) is 0 Å². The number of amides is 1. The maximum absolute atomic E-state index is 12.6. The van der Waals surface area contributed by atoms with Crippen LogP contribution in [0.2, 0.25) is 0 Å². The van der Waals surface area contributed by atoms with E-state index in [9.17, 15) is 4.79 Å². The zero-order valence-corrected chi connectivity index (χ0v) is 15.5. The zero-order valence-electron chi connectivity index (χ0n) is 14.7. The number of nitrogens with one attached hydrogen (secondary N) is 2. The summed E-state index contributed by atoms with van der Waals surface area (Å²) in [5.41, 5.74) is 3.90. The molecule has 23 heavy (non-hydrogen) atoms. The lowest BCUT2D eigenvalue weighted by molar-refractivity contribution is -0.125. The molecule has 124 valence electrons. The smallest absolute Gasteiger partial charge is 0.253 e. The average Bonchev–Trinajstić information content (AvgIpc) is 2.45. The van der Waals surface area contributed by atoms with Crippen LogP contribution < -0.4 is 10.6 Å². The topological polar surface area (TPSA) is 44.4 Å². The van der Waals surface area contributed by atoms with Crippen molar-refractivity contribution in [2.45, 2.75) is 39.2 Å². The molecule has 0 saturated carbocycles. The summed E-state index contributed by atoms with van der Waals surface area (Å²) < 4.78 is 0. The highest BCUT2D eigenvalue weighted by Gasteiger charge is 2.30. The lowest BCUT2D eigenvalue weighted by Gasteiger charge is -2.32. The van der Waals surface area contributed by atoms with Gasteiger partial charge in [0.05, 0.1) is 11.6 Å². The van der Waals surface area contributed by atoms with E-state index in [4.69, 9.17) is 12.2 Å². The molecule has 2 N–H and O–H groups in total. The Labute approximate surface area is 143 Å². The van der Waals surface area contributed by atoms with Crippen LogP contribution in [0.15, 0.2) is 35.5 Å². The van der Waals surface area contributed by atoms with Crippen molar-refractivity contribution in [3.8, 4) is 0 Å². The molecule has 5 heteroatoms. The molecule has 1 amide bonds. The predicted octanol–water partition coefficient (Wildman–Crippen LogP) is 2.87. The summed E-state index contributed by atoms with van der Waals surface area (Å²) in [5.74, 6) is -0.0186. The minimum absolute atomic E-state index is 0.0186. The van der Waals surface area contributed by atoms with Gasteiger partial charge in [-0.2, -0.15) is 0 Å². The van der Waals surface area contributed by atoms with Gasteiger partial charge >= 0.3 is 0 Å². The Hall–Kier alpha value is -1.88. The Bertz CT molecular complexity index is 654. The Morgan fingerprint density at radius 3 is 2.22 bits per heavy atom. The number of carbonyl (C=O) groups is 1. The molecule has 1 atom stereocenters. The summed E-state index contributed by atoms with van der Waals surface area (Å²) in [6.45, 7) is 8.45. The third-order valence-electron chi connectivity index (χ3n) is 4.02. The van der Waals surface area contributed by atoms with Gasteiger partial charge in [-0.25, -0.2) is 0 Å². The van der Waals surface area contributed by atoms with Crippen molar-refractivity contribution < 1.29 is 4.79 Å². The molecule has 1 aromatic rings. The van der Waals surface area contributed by atoms with Crippen LogP contribution in [-0.2, 0) is 10.2 Å². The molecule has 1 heterocycles. The first-order valence-electron chi connectivity index (χ1n) is 7.71. The Morgan fingerprint density at radius 2 is 1.74 bits per heavy atom. The fraction of sp³-hybridized carbons (Fsp3) is 0.444. The number of likely N-dealkylation sites (N-methyl/N-ethyl adjacent to an activating group) is 1. The van der Waals surface area contributed by atoms with E-state index in [-0.39, 0.29) is 17.4 Å². The fourth-order valence-electron chi connectivity index (χ4n) is 2.64. The fourth-order valence-corrected chi connectivity index (χ4v) is 2.91. The number of thiocarbonyl (C=S) groups is 1. The number of allylic oxidation sites excluding steroid dienone is 1. The van der Waals surface area contributed by atoms with Gasteiger partial charge in [0, 0.05) is 19.8 Å². The van der Waals surface area contributed by atoms with Crippen molar-refractivity contribution >= 4 is 23.2 Å². The highest BCUT2D eigenvalue weighted by Crippen LogP contribution is 2.30. The molecule has 1 aliphatic heterocycles. The maximum atomic E-state index is 12.6. The monoisotopic (exact) mass is 331 g/mol. The standard InChI is InChI=1S/C18H25N3OS/c1-11-14(16(22)21(5)6)15(20-17(23)19-11)12-7-9-13(10-8-12)18(2,3)4/h7-10,15H,1-6H3,(H2,19,20,23). The van der Waals surface area contributed by atoms with Gasteiger partial charge in [-0.1, -0.05) is 45.0 Å². The van der Waals surface area contributed by atoms with E-state index in [1.54, 1.807) is 19.0 Å². The largest absolute Gasteiger partial charge is 0.351 e. The van der Waals surface area contributed by atoms with Gasteiger partial charge in [-0.15, -0.1) is 0 Å². The third kappa shape index (κ3) is 3.72. The van der Waals surface area contributed by atoms with Crippen molar-refractivity contribution in [2.24, 2.45) is 0 Å².